The van der Waals surface area contributed by atoms with Gasteiger partial charge in [0.2, 0.25) is 0 Å². The predicted molar refractivity (Wildman–Crippen MR) is 158 cm³/mol. The molecule has 0 atom stereocenters. The molecule has 35 heavy (non-hydrogen) atoms. The van der Waals surface area contributed by atoms with Gasteiger partial charge in [-0.25, -0.2) is 0 Å². The number of benzene rings is 4. The van der Waals surface area contributed by atoms with Gasteiger partial charge in [-0.15, -0.1) is 11.3 Å². The zero-order valence-electron chi connectivity index (χ0n) is 19.9. The molecule has 1 aromatic heterocycles. The zero-order valence-corrected chi connectivity index (χ0v) is 22.5. The van der Waals surface area contributed by atoms with Crippen molar-refractivity contribution >= 4 is 55.9 Å². The van der Waals surface area contributed by atoms with E-state index in [0.717, 1.165) is 0 Å². The summed E-state index contributed by atoms with van der Waals surface area (Å²) in [5.74, 6) is 0. The molecule has 1 heterocycles. The van der Waals surface area contributed by atoms with E-state index in [1.165, 1.54) is 30.5 Å². The van der Waals surface area contributed by atoms with Gasteiger partial charge in [-0.05, 0) is 12.1 Å². The molecule has 0 radical (unpaired) electrons. The molecule has 0 fully saturated rings. The molecule has 5 aromatic rings. The Labute approximate surface area is 212 Å². The first-order valence-electron chi connectivity index (χ1n) is 11.6. The number of thiophene rings is 1. The summed E-state index contributed by atoms with van der Waals surface area (Å²) in [4.78, 5) is 0. The highest BCUT2D eigenvalue weighted by Gasteiger charge is 2.32. The van der Waals surface area contributed by atoms with E-state index >= 15 is 0 Å². The van der Waals surface area contributed by atoms with Crippen LogP contribution < -0.4 is 30.5 Å². The third kappa shape index (κ3) is 4.09. The van der Waals surface area contributed by atoms with Gasteiger partial charge in [0.15, 0.2) is 0 Å². The first-order valence-corrected chi connectivity index (χ1v) is 15.9. The molecule has 0 aliphatic heterocycles. The zero-order chi connectivity index (χ0) is 24.1. The standard InChI is InChI=1S/C30H28N2P2S/c1-31-33(25-15-7-3-8-16-25,26-17-9-4-10-18-26)29-23-24-30(35-29)34(32-2,27-19-11-5-12-20-27)28-21-13-6-14-22-28/h3-24H,1-2H3. The minimum absolute atomic E-state index is 1.28. The van der Waals surface area contributed by atoms with Crippen LogP contribution >= 0.6 is 25.4 Å². The molecule has 5 heteroatoms. The summed E-state index contributed by atoms with van der Waals surface area (Å²) in [6.45, 7) is 0. The Morgan fingerprint density at radius 3 is 0.886 bits per heavy atom. The fourth-order valence-corrected chi connectivity index (χ4v) is 14.7. The van der Waals surface area contributed by atoms with Crippen molar-refractivity contribution in [1.29, 1.82) is 0 Å². The Balaban J connectivity index is 1.80. The summed E-state index contributed by atoms with van der Waals surface area (Å²) in [5, 5.41) is 5.11. The molecule has 2 nitrogen and oxygen atoms in total. The van der Waals surface area contributed by atoms with Gasteiger partial charge in [0.1, 0.15) is 0 Å². The van der Waals surface area contributed by atoms with E-state index in [1.54, 1.807) is 0 Å². The normalized spacial score (nSPS) is 11.7. The molecule has 0 amide bonds. The van der Waals surface area contributed by atoms with Crippen LogP contribution in [0, 0.1) is 0 Å². The maximum atomic E-state index is 5.20. The smallest absolute Gasteiger partial charge is 0.0639 e. The van der Waals surface area contributed by atoms with Crippen LogP contribution in [0.5, 0.6) is 0 Å². The number of rotatable bonds is 6. The molecule has 0 saturated heterocycles. The molecule has 0 bridgehead atoms. The molecular weight excluding hydrogens is 482 g/mol. The first-order chi connectivity index (χ1) is 17.3. The third-order valence-electron chi connectivity index (χ3n) is 6.33. The summed E-state index contributed by atoms with van der Waals surface area (Å²) < 4.78 is 13.0. The molecule has 174 valence electrons. The van der Waals surface area contributed by atoms with Crippen LogP contribution in [0.15, 0.2) is 143 Å². The number of hydrogen-bond acceptors (Lipinski definition) is 3. The van der Waals surface area contributed by atoms with E-state index in [-0.39, 0.29) is 0 Å². The second kappa shape index (κ2) is 10.3. The molecule has 0 saturated carbocycles. The Hall–Kier alpha value is -2.96. The molecule has 0 spiro atoms. The van der Waals surface area contributed by atoms with Crippen molar-refractivity contribution < 1.29 is 0 Å². The number of nitrogens with zero attached hydrogens (tertiary/aromatic N) is 2. The van der Waals surface area contributed by atoms with Gasteiger partial charge in [-0.1, -0.05) is 121 Å². The van der Waals surface area contributed by atoms with Crippen molar-refractivity contribution in [3.8, 4) is 0 Å². The highest BCUT2D eigenvalue weighted by Crippen LogP contribution is 2.51. The second-order valence-corrected chi connectivity index (χ2v) is 16.2. The van der Waals surface area contributed by atoms with Crippen molar-refractivity contribution in [2.45, 2.75) is 0 Å². The van der Waals surface area contributed by atoms with Gasteiger partial charge in [0, 0.05) is 35.3 Å². The molecule has 4 aromatic carbocycles. The van der Waals surface area contributed by atoms with Crippen molar-refractivity contribution in [2.75, 3.05) is 14.1 Å². The van der Waals surface area contributed by atoms with E-state index in [9.17, 15) is 0 Å². The lowest BCUT2D eigenvalue weighted by molar-refractivity contribution is 1.49. The molecule has 0 aliphatic carbocycles. The minimum Gasteiger partial charge on any atom is -0.292 e. The molecule has 0 N–H and O–H groups in total. The van der Waals surface area contributed by atoms with Gasteiger partial charge in [0.25, 0.3) is 0 Å². The van der Waals surface area contributed by atoms with Crippen molar-refractivity contribution in [2.24, 2.45) is 9.49 Å². The Morgan fingerprint density at radius 1 is 0.400 bits per heavy atom. The maximum Gasteiger partial charge on any atom is 0.0639 e. The second-order valence-electron chi connectivity index (χ2n) is 8.12. The fourth-order valence-electron chi connectivity index (χ4n) is 4.71. The van der Waals surface area contributed by atoms with Crippen molar-refractivity contribution in [3.63, 3.8) is 0 Å². The Morgan fingerprint density at radius 2 is 0.657 bits per heavy atom. The lowest BCUT2D eigenvalue weighted by Gasteiger charge is -2.26. The van der Waals surface area contributed by atoms with Gasteiger partial charge in [-0.3, -0.25) is 9.49 Å². The van der Waals surface area contributed by atoms with E-state index in [4.69, 9.17) is 9.49 Å². The summed E-state index contributed by atoms with van der Waals surface area (Å²) in [5.41, 5.74) is 0. The maximum absolute atomic E-state index is 5.20. The lowest BCUT2D eigenvalue weighted by Crippen LogP contribution is -2.25. The lowest BCUT2D eigenvalue weighted by atomic mass is 10.4. The largest absolute Gasteiger partial charge is 0.292 e. The van der Waals surface area contributed by atoms with Crippen LogP contribution in [0.25, 0.3) is 0 Å². The van der Waals surface area contributed by atoms with Gasteiger partial charge in [0.05, 0.1) is 23.3 Å². The predicted octanol–water partition coefficient (Wildman–Crippen LogP) is 5.96. The third-order valence-corrected chi connectivity index (χ3v) is 16.1. The van der Waals surface area contributed by atoms with Gasteiger partial charge >= 0.3 is 0 Å². The first kappa shape index (κ1) is 23.8. The number of hydrogen-bond donors (Lipinski definition) is 0. The summed E-state index contributed by atoms with van der Waals surface area (Å²) >= 11 is 1.89. The van der Waals surface area contributed by atoms with Crippen LogP contribution in [0.4, 0.5) is 0 Å². The average molecular weight is 511 g/mol. The Bertz CT molecular complexity index is 1310. The summed E-state index contributed by atoms with van der Waals surface area (Å²) in [6.07, 6.45) is 0. The van der Waals surface area contributed by atoms with Gasteiger partial charge in [-0.2, -0.15) is 0 Å². The van der Waals surface area contributed by atoms with Gasteiger partial charge < -0.3 is 0 Å². The van der Waals surface area contributed by atoms with Crippen LogP contribution in [-0.2, 0) is 0 Å². The average Bonchev–Trinajstić information content (AvgIpc) is 3.44. The Kier molecular flexibility index (Phi) is 7.02. The molecule has 0 aliphatic rings. The van der Waals surface area contributed by atoms with Crippen LogP contribution in [0.1, 0.15) is 0 Å². The highest BCUT2D eigenvalue weighted by atomic mass is 32.1. The van der Waals surface area contributed by atoms with Crippen LogP contribution in [0.2, 0.25) is 0 Å². The minimum atomic E-state index is -2.16. The summed E-state index contributed by atoms with van der Waals surface area (Å²) in [7, 11) is -0.353. The molecule has 0 unspecified atom stereocenters. The van der Waals surface area contributed by atoms with Crippen LogP contribution in [-0.4, -0.2) is 14.1 Å². The van der Waals surface area contributed by atoms with Crippen molar-refractivity contribution in [1.82, 2.24) is 0 Å². The molecule has 5 rings (SSSR count). The van der Waals surface area contributed by atoms with Crippen molar-refractivity contribution in [3.05, 3.63) is 133 Å². The van der Waals surface area contributed by atoms with E-state index in [0.29, 0.717) is 0 Å². The fraction of sp³-hybridized carbons (Fsp3) is 0.0667. The summed E-state index contributed by atoms with van der Waals surface area (Å²) in [6, 6.07) is 47.8. The topological polar surface area (TPSA) is 24.7 Å². The highest BCUT2D eigenvalue weighted by molar-refractivity contribution is 7.95. The van der Waals surface area contributed by atoms with E-state index in [2.05, 4.69) is 133 Å². The van der Waals surface area contributed by atoms with E-state index in [1.807, 2.05) is 25.4 Å². The molecular formula is C30H28N2P2S. The quantitative estimate of drug-likeness (QED) is 0.252. The van der Waals surface area contributed by atoms with Crippen LogP contribution in [0.3, 0.4) is 0 Å². The SMILES string of the molecule is CN=P(c1ccccc1)(c1ccccc1)c1ccc(P(=NC)(c2ccccc2)c2ccccc2)s1. The monoisotopic (exact) mass is 510 g/mol. The van der Waals surface area contributed by atoms with E-state index < -0.39 is 14.1 Å².